The van der Waals surface area contributed by atoms with E-state index in [9.17, 15) is 0 Å². The van der Waals surface area contributed by atoms with Gasteiger partial charge in [0.05, 0.1) is 12.2 Å². The summed E-state index contributed by atoms with van der Waals surface area (Å²) in [4.78, 5) is 0. The third kappa shape index (κ3) is 7.82. The molecule has 0 aliphatic rings. The largest absolute Gasteiger partial charge is 0.393 e. The molecule has 0 saturated carbocycles. The Kier molecular flexibility index (Phi) is 6.57. The average molecular weight is 160 g/mol. The molecular formula is C9H20O2. The number of hydrogen-bond acceptors (Lipinski definition) is 2. The lowest BCUT2D eigenvalue weighted by molar-refractivity contribution is 0.0279. The fourth-order valence-corrected chi connectivity index (χ4v) is 0.977. The molecule has 0 aromatic rings. The highest BCUT2D eigenvalue weighted by Crippen LogP contribution is 2.02. The summed E-state index contributed by atoms with van der Waals surface area (Å²) in [5.74, 6) is 0. The fourth-order valence-electron chi connectivity index (χ4n) is 0.977. The van der Waals surface area contributed by atoms with Crippen LogP contribution < -0.4 is 0 Å². The van der Waals surface area contributed by atoms with Crippen molar-refractivity contribution in [1.82, 2.24) is 0 Å². The molecule has 2 heteroatoms. The van der Waals surface area contributed by atoms with Crippen molar-refractivity contribution in [2.75, 3.05) is 6.61 Å². The van der Waals surface area contributed by atoms with Gasteiger partial charge in [0.2, 0.25) is 0 Å². The van der Waals surface area contributed by atoms with Gasteiger partial charge in [0.1, 0.15) is 0 Å². The van der Waals surface area contributed by atoms with E-state index in [1.54, 1.807) is 6.92 Å². The molecular weight excluding hydrogens is 140 g/mol. The van der Waals surface area contributed by atoms with Crippen LogP contribution in [-0.4, -0.2) is 23.9 Å². The first-order valence-corrected chi connectivity index (χ1v) is 4.46. The number of hydrogen-bond donors (Lipinski definition) is 1. The van der Waals surface area contributed by atoms with Crippen molar-refractivity contribution in [3.63, 3.8) is 0 Å². The van der Waals surface area contributed by atoms with Gasteiger partial charge in [0.15, 0.2) is 0 Å². The molecule has 0 aromatic heterocycles. The maximum Gasteiger partial charge on any atom is 0.0571 e. The van der Waals surface area contributed by atoms with Gasteiger partial charge in [-0.3, -0.25) is 0 Å². The Balaban J connectivity index is 3.15. The summed E-state index contributed by atoms with van der Waals surface area (Å²) in [6.45, 7) is 6.76. The molecule has 0 amide bonds. The first kappa shape index (κ1) is 10.9. The summed E-state index contributed by atoms with van der Waals surface area (Å²) in [7, 11) is 0. The minimum absolute atomic E-state index is 0.196. The smallest absolute Gasteiger partial charge is 0.0571 e. The SMILES string of the molecule is CCCCO[C@H](C)C[C@@H](C)O. The summed E-state index contributed by atoms with van der Waals surface area (Å²) in [5, 5.41) is 9.00. The van der Waals surface area contributed by atoms with Gasteiger partial charge in [-0.1, -0.05) is 13.3 Å². The van der Waals surface area contributed by atoms with Gasteiger partial charge < -0.3 is 9.84 Å². The van der Waals surface area contributed by atoms with E-state index in [-0.39, 0.29) is 12.2 Å². The van der Waals surface area contributed by atoms with E-state index in [1.165, 1.54) is 6.42 Å². The highest BCUT2D eigenvalue weighted by atomic mass is 16.5. The van der Waals surface area contributed by atoms with Crippen LogP contribution in [0, 0.1) is 0 Å². The Morgan fingerprint density at radius 2 is 2.00 bits per heavy atom. The van der Waals surface area contributed by atoms with Gasteiger partial charge in [-0.05, 0) is 26.7 Å². The predicted molar refractivity (Wildman–Crippen MR) is 46.6 cm³/mol. The predicted octanol–water partition coefficient (Wildman–Crippen LogP) is 1.96. The van der Waals surface area contributed by atoms with Gasteiger partial charge in [0, 0.05) is 6.61 Å². The molecule has 0 aliphatic carbocycles. The zero-order valence-corrected chi connectivity index (χ0v) is 7.84. The molecule has 0 rings (SSSR count). The van der Waals surface area contributed by atoms with Crippen LogP contribution in [0.3, 0.4) is 0 Å². The van der Waals surface area contributed by atoms with Crippen molar-refractivity contribution in [3.05, 3.63) is 0 Å². The van der Waals surface area contributed by atoms with E-state index in [1.807, 2.05) is 6.92 Å². The zero-order chi connectivity index (χ0) is 8.69. The number of unbranched alkanes of at least 4 members (excludes halogenated alkanes) is 1. The van der Waals surface area contributed by atoms with Gasteiger partial charge in [0.25, 0.3) is 0 Å². The zero-order valence-electron chi connectivity index (χ0n) is 7.84. The van der Waals surface area contributed by atoms with Gasteiger partial charge in [-0.25, -0.2) is 0 Å². The Morgan fingerprint density at radius 3 is 2.45 bits per heavy atom. The first-order chi connectivity index (χ1) is 5.16. The van der Waals surface area contributed by atoms with Crippen molar-refractivity contribution < 1.29 is 9.84 Å². The van der Waals surface area contributed by atoms with Crippen LogP contribution in [0.1, 0.15) is 40.0 Å². The maximum atomic E-state index is 9.00. The molecule has 2 atom stereocenters. The molecule has 0 spiro atoms. The van der Waals surface area contributed by atoms with E-state index < -0.39 is 0 Å². The first-order valence-electron chi connectivity index (χ1n) is 4.46. The fraction of sp³-hybridized carbons (Fsp3) is 1.00. The minimum Gasteiger partial charge on any atom is -0.393 e. The van der Waals surface area contributed by atoms with Crippen molar-refractivity contribution >= 4 is 0 Å². The second kappa shape index (κ2) is 6.62. The van der Waals surface area contributed by atoms with Gasteiger partial charge >= 0.3 is 0 Å². The Labute approximate surface area is 69.6 Å². The van der Waals surface area contributed by atoms with E-state index in [0.717, 1.165) is 19.4 Å². The third-order valence-electron chi connectivity index (χ3n) is 1.57. The second-order valence-corrected chi connectivity index (χ2v) is 3.12. The molecule has 68 valence electrons. The third-order valence-corrected chi connectivity index (χ3v) is 1.57. The van der Waals surface area contributed by atoms with E-state index in [4.69, 9.17) is 9.84 Å². The van der Waals surface area contributed by atoms with Crippen LogP contribution in [0.5, 0.6) is 0 Å². The second-order valence-electron chi connectivity index (χ2n) is 3.12. The summed E-state index contributed by atoms with van der Waals surface area (Å²) < 4.78 is 5.43. The molecule has 0 radical (unpaired) electrons. The lowest BCUT2D eigenvalue weighted by atomic mass is 10.2. The molecule has 0 heterocycles. The van der Waals surface area contributed by atoms with Crippen molar-refractivity contribution in [3.8, 4) is 0 Å². The van der Waals surface area contributed by atoms with Crippen molar-refractivity contribution in [2.45, 2.75) is 52.2 Å². The van der Waals surface area contributed by atoms with Crippen LogP contribution >= 0.6 is 0 Å². The number of aliphatic hydroxyl groups is 1. The van der Waals surface area contributed by atoms with E-state index >= 15 is 0 Å². The van der Waals surface area contributed by atoms with Crippen LogP contribution in [0.25, 0.3) is 0 Å². The Morgan fingerprint density at radius 1 is 1.36 bits per heavy atom. The normalized spacial score (nSPS) is 16.4. The average Bonchev–Trinajstić information content (AvgIpc) is 1.86. The lowest BCUT2D eigenvalue weighted by Gasteiger charge is -2.13. The number of ether oxygens (including phenoxy) is 1. The highest BCUT2D eigenvalue weighted by molar-refractivity contribution is 4.55. The van der Waals surface area contributed by atoms with E-state index in [0.29, 0.717) is 0 Å². The van der Waals surface area contributed by atoms with Crippen LogP contribution in [0.2, 0.25) is 0 Å². The monoisotopic (exact) mass is 160 g/mol. The topological polar surface area (TPSA) is 29.5 Å². The minimum atomic E-state index is -0.244. The standard InChI is InChI=1S/C9H20O2/c1-4-5-6-11-9(3)7-8(2)10/h8-10H,4-7H2,1-3H3/t8-,9-/m1/s1. The summed E-state index contributed by atoms with van der Waals surface area (Å²) >= 11 is 0. The number of rotatable bonds is 6. The molecule has 2 nitrogen and oxygen atoms in total. The molecule has 1 N–H and O–H groups in total. The van der Waals surface area contributed by atoms with Crippen LogP contribution in [0.15, 0.2) is 0 Å². The Bertz CT molecular complexity index is 81.6. The number of aliphatic hydroxyl groups excluding tert-OH is 1. The lowest BCUT2D eigenvalue weighted by Crippen LogP contribution is -2.15. The van der Waals surface area contributed by atoms with Gasteiger partial charge in [-0.15, -0.1) is 0 Å². The summed E-state index contributed by atoms with van der Waals surface area (Å²) in [6.07, 6.45) is 2.98. The summed E-state index contributed by atoms with van der Waals surface area (Å²) in [5.41, 5.74) is 0. The molecule has 0 unspecified atom stereocenters. The molecule has 0 fully saturated rings. The molecule has 11 heavy (non-hydrogen) atoms. The van der Waals surface area contributed by atoms with E-state index in [2.05, 4.69) is 6.92 Å². The Hall–Kier alpha value is -0.0800. The molecule has 0 saturated heterocycles. The van der Waals surface area contributed by atoms with Crippen LogP contribution in [-0.2, 0) is 4.74 Å². The molecule has 0 aromatic carbocycles. The van der Waals surface area contributed by atoms with Gasteiger partial charge in [-0.2, -0.15) is 0 Å². The quantitative estimate of drug-likeness (QED) is 0.602. The van der Waals surface area contributed by atoms with Crippen molar-refractivity contribution in [2.24, 2.45) is 0 Å². The molecule has 0 bridgehead atoms. The summed E-state index contributed by atoms with van der Waals surface area (Å²) in [6, 6.07) is 0. The maximum absolute atomic E-state index is 9.00. The van der Waals surface area contributed by atoms with Crippen LogP contribution in [0.4, 0.5) is 0 Å². The molecule has 0 aliphatic heterocycles. The highest BCUT2D eigenvalue weighted by Gasteiger charge is 2.04. The van der Waals surface area contributed by atoms with Crippen molar-refractivity contribution in [1.29, 1.82) is 0 Å².